The minimum Gasteiger partial charge on any atom is -0.315 e. The van der Waals surface area contributed by atoms with Crippen molar-refractivity contribution in [3.63, 3.8) is 0 Å². The van der Waals surface area contributed by atoms with Gasteiger partial charge in [-0.05, 0) is 18.7 Å². The van der Waals surface area contributed by atoms with Gasteiger partial charge in [-0.1, -0.05) is 19.1 Å². The first kappa shape index (κ1) is 12.1. The maximum Gasteiger partial charge on any atom is 0.267 e. The highest BCUT2D eigenvalue weighted by atomic mass is 32.2. The number of likely N-dealkylation sites (N-methyl/N-ethyl adjacent to an activating group) is 1. The largest absolute Gasteiger partial charge is 0.315 e. The number of aliphatic imine (C=N–C) groups is 1. The van der Waals surface area contributed by atoms with Crippen LogP contribution in [-0.2, 0) is 10.0 Å². The SMILES string of the molecule is CCNCCN1C=Nc2ccccc2S1(=O)=O. The summed E-state index contributed by atoms with van der Waals surface area (Å²) in [6, 6.07) is 6.77. The first-order valence-corrected chi connectivity index (χ1v) is 6.96. The van der Waals surface area contributed by atoms with Gasteiger partial charge >= 0.3 is 0 Å². The van der Waals surface area contributed by atoms with E-state index in [0.29, 0.717) is 18.8 Å². The Kier molecular flexibility index (Phi) is 3.44. The van der Waals surface area contributed by atoms with Gasteiger partial charge in [-0.25, -0.2) is 13.4 Å². The molecule has 0 atom stereocenters. The van der Waals surface area contributed by atoms with Crippen molar-refractivity contribution in [2.24, 2.45) is 4.99 Å². The van der Waals surface area contributed by atoms with E-state index in [0.717, 1.165) is 6.54 Å². The summed E-state index contributed by atoms with van der Waals surface area (Å²) < 4.78 is 25.7. The Morgan fingerprint density at radius 2 is 2.12 bits per heavy atom. The van der Waals surface area contributed by atoms with Crippen LogP contribution in [0, 0.1) is 0 Å². The fourth-order valence-electron chi connectivity index (χ4n) is 1.64. The lowest BCUT2D eigenvalue weighted by molar-refractivity contribution is 0.513. The number of hydrogen-bond acceptors (Lipinski definition) is 4. The van der Waals surface area contributed by atoms with Crippen LogP contribution in [0.25, 0.3) is 0 Å². The molecule has 2 rings (SSSR count). The molecule has 0 amide bonds. The van der Waals surface area contributed by atoms with Gasteiger partial charge in [0.1, 0.15) is 11.2 Å². The normalized spacial score (nSPS) is 16.9. The highest BCUT2D eigenvalue weighted by molar-refractivity contribution is 7.89. The van der Waals surface area contributed by atoms with Crippen LogP contribution in [0.5, 0.6) is 0 Å². The van der Waals surface area contributed by atoms with Crippen LogP contribution < -0.4 is 5.32 Å². The van der Waals surface area contributed by atoms with Crippen LogP contribution in [-0.4, -0.2) is 38.7 Å². The van der Waals surface area contributed by atoms with E-state index in [2.05, 4.69) is 10.3 Å². The molecular formula is C11H15N3O2S. The maximum atomic E-state index is 12.2. The number of fused-ring (bicyclic) bond motifs is 1. The molecule has 1 N–H and O–H groups in total. The Balaban J connectivity index is 2.25. The Labute approximate surface area is 101 Å². The van der Waals surface area contributed by atoms with Gasteiger partial charge in [0.15, 0.2) is 0 Å². The molecule has 0 bridgehead atoms. The Morgan fingerprint density at radius 3 is 2.88 bits per heavy atom. The second kappa shape index (κ2) is 4.85. The first-order valence-electron chi connectivity index (χ1n) is 5.52. The zero-order valence-corrected chi connectivity index (χ0v) is 10.4. The fourth-order valence-corrected chi connectivity index (χ4v) is 3.03. The number of para-hydroxylation sites is 1. The molecule has 0 fully saturated rings. The monoisotopic (exact) mass is 253 g/mol. The fraction of sp³-hybridized carbons (Fsp3) is 0.364. The third kappa shape index (κ3) is 2.32. The average Bonchev–Trinajstić information content (AvgIpc) is 2.32. The van der Waals surface area contributed by atoms with E-state index in [1.54, 1.807) is 24.3 Å². The molecule has 0 unspecified atom stereocenters. The predicted octanol–water partition coefficient (Wildman–Crippen LogP) is 0.960. The van der Waals surface area contributed by atoms with Crippen LogP contribution in [0.15, 0.2) is 34.2 Å². The minimum atomic E-state index is -3.42. The first-order chi connectivity index (χ1) is 8.16. The van der Waals surface area contributed by atoms with Crippen molar-refractivity contribution < 1.29 is 8.42 Å². The molecule has 0 saturated heterocycles. The van der Waals surface area contributed by atoms with E-state index in [-0.39, 0.29) is 4.90 Å². The van der Waals surface area contributed by atoms with Gasteiger partial charge < -0.3 is 5.32 Å². The second-order valence-electron chi connectivity index (χ2n) is 3.68. The zero-order chi connectivity index (χ0) is 12.3. The van der Waals surface area contributed by atoms with Gasteiger partial charge in [-0.15, -0.1) is 0 Å². The summed E-state index contributed by atoms with van der Waals surface area (Å²) in [5.74, 6) is 0. The van der Waals surface area contributed by atoms with Crippen LogP contribution in [0.4, 0.5) is 5.69 Å². The molecule has 5 nitrogen and oxygen atoms in total. The molecule has 0 spiro atoms. The third-order valence-electron chi connectivity index (χ3n) is 2.54. The molecule has 0 radical (unpaired) electrons. The van der Waals surface area contributed by atoms with E-state index in [4.69, 9.17) is 0 Å². The molecule has 1 heterocycles. The number of rotatable bonds is 4. The van der Waals surface area contributed by atoms with Crippen molar-refractivity contribution in [3.8, 4) is 0 Å². The molecule has 0 aliphatic carbocycles. The van der Waals surface area contributed by atoms with Gasteiger partial charge in [-0.2, -0.15) is 0 Å². The van der Waals surface area contributed by atoms with Crippen LogP contribution in [0.1, 0.15) is 6.92 Å². The Hall–Kier alpha value is -1.40. The topological polar surface area (TPSA) is 61.8 Å². The summed E-state index contributed by atoms with van der Waals surface area (Å²) in [6.07, 6.45) is 1.38. The molecule has 1 aromatic rings. The lowest BCUT2D eigenvalue weighted by atomic mass is 10.3. The zero-order valence-electron chi connectivity index (χ0n) is 9.63. The van der Waals surface area contributed by atoms with Crippen molar-refractivity contribution in [3.05, 3.63) is 24.3 Å². The van der Waals surface area contributed by atoms with Gasteiger partial charge in [0.05, 0.1) is 5.69 Å². The van der Waals surface area contributed by atoms with E-state index in [9.17, 15) is 8.42 Å². The number of benzene rings is 1. The van der Waals surface area contributed by atoms with E-state index in [1.807, 2.05) is 6.92 Å². The van der Waals surface area contributed by atoms with Gasteiger partial charge in [0.2, 0.25) is 0 Å². The van der Waals surface area contributed by atoms with E-state index in [1.165, 1.54) is 10.6 Å². The standard InChI is InChI=1S/C11H15N3O2S/c1-2-12-7-8-14-9-13-10-5-3-4-6-11(10)17(14,15)16/h3-6,9,12H,2,7-8H2,1H3. The molecule has 0 aromatic heterocycles. The number of nitrogens with zero attached hydrogens (tertiary/aromatic N) is 2. The minimum absolute atomic E-state index is 0.277. The van der Waals surface area contributed by atoms with Crippen molar-refractivity contribution in [2.45, 2.75) is 11.8 Å². The predicted molar refractivity (Wildman–Crippen MR) is 67.0 cm³/mol. The molecule has 6 heteroatoms. The molecule has 92 valence electrons. The molecule has 17 heavy (non-hydrogen) atoms. The van der Waals surface area contributed by atoms with Crippen LogP contribution in [0.2, 0.25) is 0 Å². The Morgan fingerprint density at radius 1 is 1.35 bits per heavy atom. The maximum absolute atomic E-state index is 12.2. The summed E-state index contributed by atoms with van der Waals surface area (Å²) in [5.41, 5.74) is 0.507. The number of nitrogens with one attached hydrogen (secondary N) is 1. The third-order valence-corrected chi connectivity index (χ3v) is 4.33. The second-order valence-corrected chi connectivity index (χ2v) is 5.54. The van der Waals surface area contributed by atoms with E-state index >= 15 is 0 Å². The van der Waals surface area contributed by atoms with E-state index < -0.39 is 10.0 Å². The molecule has 0 saturated carbocycles. The smallest absolute Gasteiger partial charge is 0.267 e. The summed E-state index contributed by atoms with van der Waals surface area (Å²) in [6.45, 7) is 3.81. The number of sulfonamides is 1. The van der Waals surface area contributed by atoms with Gasteiger partial charge in [-0.3, -0.25) is 4.31 Å². The highest BCUT2D eigenvalue weighted by Gasteiger charge is 2.27. The molecule has 1 aliphatic heterocycles. The summed E-state index contributed by atoms with van der Waals surface area (Å²) in [7, 11) is -3.42. The van der Waals surface area contributed by atoms with Crippen molar-refractivity contribution >= 4 is 22.0 Å². The Bertz CT molecular complexity index is 525. The van der Waals surface area contributed by atoms with Crippen molar-refractivity contribution in [1.82, 2.24) is 9.62 Å². The summed E-state index contributed by atoms with van der Waals surface area (Å²) in [5, 5.41) is 3.09. The molecular weight excluding hydrogens is 238 g/mol. The average molecular weight is 253 g/mol. The van der Waals surface area contributed by atoms with Crippen molar-refractivity contribution in [1.29, 1.82) is 0 Å². The lowest BCUT2D eigenvalue weighted by Crippen LogP contribution is -2.37. The van der Waals surface area contributed by atoms with Crippen molar-refractivity contribution in [2.75, 3.05) is 19.6 Å². The summed E-state index contributed by atoms with van der Waals surface area (Å²) in [4.78, 5) is 4.42. The highest BCUT2D eigenvalue weighted by Crippen LogP contribution is 2.29. The summed E-state index contributed by atoms with van der Waals surface area (Å²) >= 11 is 0. The molecule has 1 aromatic carbocycles. The number of hydrogen-bond donors (Lipinski definition) is 1. The van der Waals surface area contributed by atoms with Gasteiger partial charge in [0, 0.05) is 13.1 Å². The quantitative estimate of drug-likeness (QED) is 0.813. The van der Waals surface area contributed by atoms with Crippen LogP contribution >= 0.6 is 0 Å². The molecule has 1 aliphatic rings. The van der Waals surface area contributed by atoms with Gasteiger partial charge in [0.25, 0.3) is 10.0 Å². The lowest BCUT2D eigenvalue weighted by Gasteiger charge is -2.23. The van der Waals surface area contributed by atoms with Crippen LogP contribution in [0.3, 0.4) is 0 Å².